The van der Waals surface area contributed by atoms with E-state index < -0.39 is 0 Å². The Balaban J connectivity index is 1.99. The fourth-order valence-electron chi connectivity index (χ4n) is 3.26. The molecule has 0 N–H and O–H groups in total. The summed E-state index contributed by atoms with van der Waals surface area (Å²) in [5, 5.41) is 0. The van der Waals surface area contributed by atoms with Crippen LogP contribution < -0.4 is 0 Å². The Morgan fingerprint density at radius 1 is 1.05 bits per heavy atom. The average molecular weight is 312 g/mol. The van der Waals surface area contributed by atoms with E-state index in [1.54, 1.807) is 0 Å². The first-order valence-electron chi connectivity index (χ1n) is 9.53. The molecule has 130 valence electrons. The zero-order chi connectivity index (χ0) is 16.0. The second kappa shape index (κ2) is 12.9. The fraction of sp³-hybridized carbons (Fsp3) is 0.947. The van der Waals surface area contributed by atoms with Gasteiger partial charge in [0.15, 0.2) is 0 Å². The van der Waals surface area contributed by atoms with Crippen molar-refractivity contribution < 1.29 is 14.3 Å². The molecular formula is C19H36O3. The van der Waals surface area contributed by atoms with E-state index in [2.05, 4.69) is 6.92 Å². The average Bonchev–Trinajstić information content (AvgIpc) is 3.02. The van der Waals surface area contributed by atoms with Crippen molar-refractivity contribution in [2.75, 3.05) is 6.61 Å². The Labute approximate surface area is 137 Å². The molecule has 3 heteroatoms. The van der Waals surface area contributed by atoms with Crippen molar-refractivity contribution in [3.8, 4) is 0 Å². The van der Waals surface area contributed by atoms with E-state index in [9.17, 15) is 4.79 Å². The van der Waals surface area contributed by atoms with Crippen LogP contribution in [-0.2, 0) is 14.3 Å². The van der Waals surface area contributed by atoms with Gasteiger partial charge in [0.05, 0.1) is 6.10 Å². The molecule has 1 aliphatic heterocycles. The molecule has 1 aliphatic rings. The third-order valence-corrected chi connectivity index (χ3v) is 4.54. The maximum Gasteiger partial charge on any atom is 0.302 e. The largest absolute Gasteiger partial charge is 0.460 e. The minimum absolute atomic E-state index is 0.0194. The summed E-state index contributed by atoms with van der Waals surface area (Å²) in [6.45, 7) is 4.58. The summed E-state index contributed by atoms with van der Waals surface area (Å²) in [5.41, 5.74) is 0. The minimum Gasteiger partial charge on any atom is -0.460 e. The van der Waals surface area contributed by atoms with Crippen molar-refractivity contribution in [1.82, 2.24) is 0 Å². The molecule has 0 aliphatic carbocycles. The number of rotatable bonds is 13. The van der Waals surface area contributed by atoms with Gasteiger partial charge in [-0.3, -0.25) is 4.79 Å². The summed E-state index contributed by atoms with van der Waals surface area (Å²) in [6.07, 6.45) is 16.6. The monoisotopic (exact) mass is 312 g/mol. The number of carbonyl (C=O) groups is 1. The van der Waals surface area contributed by atoms with Gasteiger partial charge in [-0.25, -0.2) is 0 Å². The molecule has 0 aromatic rings. The van der Waals surface area contributed by atoms with Crippen LogP contribution in [0.4, 0.5) is 0 Å². The van der Waals surface area contributed by atoms with E-state index >= 15 is 0 Å². The summed E-state index contributed by atoms with van der Waals surface area (Å²) in [6, 6.07) is 0. The Bertz CT molecular complexity index is 272. The zero-order valence-electron chi connectivity index (χ0n) is 14.8. The molecule has 0 aromatic heterocycles. The summed E-state index contributed by atoms with van der Waals surface area (Å²) in [4.78, 5) is 11.2. The molecule has 1 heterocycles. The number of hydrogen-bond donors (Lipinski definition) is 0. The van der Waals surface area contributed by atoms with E-state index in [1.165, 1.54) is 64.7 Å². The van der Waals surface area contributed by atoms with Gasteiger partial charge in [0.2, 0.25) is 0 Å². The standard InChI is InChI=1S/C19H36O3/c1-3-4-5-6-7-8-9-10-11-12-14-19(22-17(2)20)18-15-13-16-21-18/h18-19H,3-16H2,1-2H3. The molecule has 1 rings (SSSR count). The van der Waals surface area contributed by atoms with Crippen LogP contribution in [0.1, 0.15) is 97.3 Å². The second-order valence-electron chi connectivity index (χ2n) is 6.67. The first-order chi connectivity index (χ1) is 10.7. The van der Waals surface area contributed by atoms with Gasteiger partial charge in [-0.15, -0.1) is 0 Å². The molecule has 1 saturated heterocycles. The number of esters is 1. The molecule has 1 fully saturated rings. The van der Waals surface area contributed by atoms with Crippen LogP contribution in [0.15, 0.2) is 0 Å². The van der Waals surface area contributed by atoms with Crippen LogP contribution in [0.5, 0.6) is 0 Å². The Morgan fingerprint density at radius 3 is 2.14 bits per heavy atom. The van der Waals surface area contributed by atoms with Crippen molar-refractivity contribution in [2.45, 2.75) is 110 Å². The lowest BCUT2D eigenvalue weighted by Crippen LogP contribution is -2.30. The quantitative estimate of drug-likeness (QED) is 0.337. The Hall–Kier alpha value is -0.570. The number of ether oxygens (including phenoxy) is 2. The van der Waals surface area contributed by atoms with Crippen LogP contribution in [0.25, 0.3) is 0 Å². The van der Waals surface area contributed by atoms with Gasteiger partial charge in [-0.2, -0.15) is 0 Å². The summed E-state index contributed by atoms with van der Waals surface area (Å²) in [5.74, 6) is -0.174. The van der Waals surface area contributed by atoms with Gasteiger partial charge < -0.3 is 9.47 Å². The summed E-state index contributed by atoms with van der Waals surface area (Å²) in [7, 11) is 0. The maximum absolute atomic E-state index is 11.2. The highest BCUT2D eigenvalue weighted by molar-refractivity contribution is 5.66. The first kappa shape index (κ1) is 19.5. The van der Waals surface area contributed by atoms with Gasteiger partial charge >= 0.3 is 5.97 Å². The lowest BCUT2D eigenvalue weighted by atomic mass is 10.0. The van der Waals surface area contributed by atoms with Crippen molar-refractivity contribution in [3.05, 3.63) is 0 Å². The first-order valence-corrected chi connectivity index (χ1v) is 9.53. The van der Waals surface area contributed by atoms with Gasteiger partial charge in [0.1, 0.15) is 6.10 Å². The minimum atomic E-state index is -0.174. The number of hydrogen-bond acceptors (Lipinski definition) is 3. The number of carbonyl (C=O) groups excluding carboxylic acids is 1. The smallest absolute Gasteiger partial charge is 0.302 e. The molecule has 0 radical (unpaired) electrons. The Kier molecular flexibility index (Phi) is 11.4. The van der Waals surface area contributed by atoms with Crippen LogP contribution in [-0.4, -0.2) is 24.8 Å². The van der Waals surface area contributed by atoms with Gasteiger partial charge in [-0.05, 0) is 25.7 Å². The third-order valence-electron chi connectivity index (χ3n) is 4.54. The molecule has 0 amide bonds. The zero-order valence-corrected chi connectivity index (χ0v) is 14.8. The third kappa shape index (κ3) is 9.45. The van der Waals surface area contributed by atoms with Crippen molar-refractivity contribution >= 4 is 5.97 Å². The fourth-order valence-corrected chi connectivity index (χ4v) is 3.26. The van der Waals surface area contributed by atoms with Crippen LogP contribution in [0.2, 0.25) is 0 Å². The van der Waals surface area contributed by atoms with Crippen LogP contribution in [0.3, 0.4) is 0 Å². The van der Waals surface area contributed by atoms with Crippen molar-refractivity contribution in [3.63, 3.8) is 0 Å². The van der Waals surface area contributed by atoms with E-state index in [1.807, 2.05) is 0 Å². The lowest BCUT2D eigenvalue weighted by molar-refractivity contribution is -0.153. The van der Waals surface area contributed by atoms with Gasteiger partial charge in [-0.1, -0.05) is 64.7 Å². The lowest BCUT2D eigenvalue weighted by Gasteiger charge is -2.22. The van der Waals surface area contributed by atoms with E-state index in [-0.39, 0.29) is 18.2 Å². The normalized spacial score (nSPS) is 19.3. The highest BCUT2D eigenvalue weighted by Crippen LogP contribution is 2.22. The summed E-state index contributed by atoms with van der Waals surface area (Å²) < 4.78 is 11.1. The Morgan fingerprint density at radius 2 is 1.64 bits per heavy atom. The van der Waals surface area contributed by atoms with E-state index in [0.29, 0.717) is 0 Å². The molecule has 0 saturated carbocycles. The molecule has 0 bridgehead atoms. The SMILES string of the molecule is CCCCCCCCCCCCC(OC(C)=O)C1CCCO1. The maximum atomic E-state index is 11.2. The highest BCUT2D eigenvalue weighted by atomic mass is 16.6. The molecule has 22 heavy (non-hydrogen) atoms. The molecule has 2 unspecified atom stereocenters. The van der Waals surface area contributed by atoms with Crippen molar-refractivity contribution in [2.24, 2.45) is 0 Å². The molecular weight excluding hydrogens is 276 g/mol. The molecule has 0 spiro atoms. The van der Waals surface area contributed by atoms with Crippen molar-refractivity contribution in [1.29, 1.82) is 0 Å². The number of unbranched alkanes of at least 4 members (excludes halogenated alkanes) is 9. The predicted octanol–water partition coefficient (Wildman–Crippen LogP) is 5.41. The molecule has 3 nitrogen and oxygen atoms in total. The van der Waals surface area contributed by atoms with E-state index in [0.717, 1.165) is 32.3 Å². The topological polar surface area (TPSA) is 35.5 Å². The second-order valence-corrected chi connectivity index (χ2v) is 6.67. The predicted molar refractivity (Wildman–Crippen MR) is 91.0 cm³/mol. The van der Waals surface area contributed by atoms with Gasteiger partial charge in [0.25, 0.3) is 0 Å². The van der Waals surface area contributed by atoms with E-state index in [4.69, 9.17) is 9.47 Å². The van der Waals surface area contributed by atoms with Gasteiger partial charge in [0, 0.05) is 13.5 Å². The highest BCUT2D eigenvalue weighted by Gasteiger charge is 2.27. The molecule has 0 aromatic carbocycles. The van der Waals surface area contributed by atoms with Crippen LogP contribution >= 0.6 is 0 Å². The summed E-state index contributed by atoms with van der Waals surface area (Å²) >= 11 is 0. The van der Waals surface area contributed by atoms with Crippen LogP contribution in [0, 0.1) is 0 Å². The molecule has 2 atom stereocenters.